The molecule has 7 nitrogen and oxygen atoms in total. The molecule has 3 rings (SSSR count). The minimum absolute atomic E-state index is 0.0433. The number of carbonyl (C=O) groups excluding carboxylic acids is 2. The first kappa shape index (κ1) is 21.0. The summed E-state index contributed by atoms with van der Waals surface area (Å²) in [6, 6.07) is 9.88. The Hall–Kier alpha value is -3.68. The largest absolute Gasteiger partial charge is 0.459 e. The average Bonchev–Trinajstić information content (AvgIpc) is 3.26. The Morgan fingerprint density at radius 2 is 1.97 bits per heavy atom. The summed E-state index contributed by atoms with van der Waals surface area (Å²) in [6.45, 7) is 3.38. The number of hydrogen-bond acceptors (Lipinski definition) is 4. The third-order valence-corrected chi connectivity index (χ3v) is 4.69. The van der Waals surface area contributed by atoms with Gasteiger partial charge in [-0.05, 0) is 43.7 Å². The van der Waals surface area contributed by atoms with Gasteiger partial charge in [0.2, 0.25) is 5.91 Å². The highest BCUT2D eigenvalue weighted by Crippen LogP contribution is 2.20. The lowest BCUT2D eigenvalue weighted by atomic mass is 10.1. The van der Waals surface area contributed by atoms with Crippen molar-refractivity contribution in [1.29, 1.82) is 0 Å². The molecule has 0 aliphatic carbocycles. The van der Waals surface area contributed by atoms with Crippen LogP contribution in [0.15, 0.2) is 64.1 Å². The molecule has 0 radical (unpaired) electrons. The van der Waals surface area contributed by atoms with E-state index in [9.17, 15) is 18.8 Å². The molecule has 0 fully saturated rings. The van der Waals surface area contributed by atoms with Crippen LogP contribution < -0.4 is 16.2 Å². The molecule has 1 aromatic carbocycles. The highest BCUT2D eigenvalue weighted by atomic mass is 19.1. The molecule has 30 heavy (non-hydrogen) atoms. The molecule has 3 aromatic rings. The van der Waals surface area contributed by atoms with E-state index in [1.165, 1.54) is 29.0 Å². The summed E-state index contributed by atoms with van der Waals surface area (Å²) < 4.78 is 21.0. The van der Waals surface area contributed by atoms with E-state index in [0.29, 0.717) is 12.0 Å². The number of aryl methyl sites for hydroxylation is 1. The third-order valence-electron chi connectivity index (χ3n) is 4.69. The van der Waals surface area contributed by atoms with Crippen molar-refractivity contribution in [2.45, 2.75) is 32.9 Å². The first-order valence-corrected chi connectivity index (χ1v) is 9.49. The molecular weight excluding hydrogens is 389 g/mol. The lowest BCUT2D eigenvalue weighted by Crippen LogP contribution is -2.43. The molecule has 2 aromatic heterocycles. The quantitative estimate of drug-likeness (QED) is 0.625. The van der Waals surface area contributed by atoms with Crippen LogP contribution in [0.5, 0.6) is 0 Å². The summed E-state index contributed by atoms with van der Waals surface area (Å²) in [4.78, 5) is 37.2. The van der Waals surface area contributed by atoms with Gasteiger partial charge in [-0.25, -0.2) is 4.39 Å². The van der Waals surface area contributed by atoms with Crippen molar-refractivity contribution in [3.05, 3.63) is 88.0 Å². The highest BCUT2D eigenvalue weighted by Gasteiger charge is 2.22. The van der Waals surface area contributed by atoms with Crippen LogP contribution in [0.4, 0.5) is 10.1 Å². The fraction of sp³-hybridized carbons (Fsp3) is 0.227. The van der Waals surface area contributed by atoms with Gasteiger partial charge >= 0.3 is 0 Å². The molecule has 0 aliphatic heterocycles. The molecular formula is C22H22FN3O4. The summed E-state index contributed by atoms with van der Waals surface area (Å²) in [7, 11) is 0. The molecule has 156 valence electrons. The number of amides is 2. The normalized spacial score (nSPS) is 11.7. The standard InChI is InChI=1S/C22H22FN3O4/c1-3-17(24-21(28)19-10-6-12-30-19)20(27)25-18-9-4-8-16(23)15(18)13-26-11-5-7-14(2)22(26)29/h4-12,17H,3,13H2,1-2H3,(H,24,28)(H,25,27). The zero-order valence-electron chi connectivity index (χ0n) is 16.6. The van der Waals surface area contributed by atoms with Crippen molar-refractivity contribution in [1.82, 2.24) is 9.88 Å². The zero-order chi connectivity index (χ0) is 21.7. The number of hydrogen-bond donors (Lipinski definition) is 2. The molecule has 0 saturated heterocycles. The third kappa shape index (κ3) is 4.65. The maximum atomic E-state index is 14.5. The van der Waals surface area contributed by atoms with Gasteiger partial charge in [-0.1, -0.05) is 19.1 Å². The minimum atomic E-state index is -0.847. The van der Waals surface area contributed by atoms with Crippen LogP contribution in [0.3, 0.4) is 0 Å². The number of nitrogens with zero attached hydrogens (tertiary/aromatic N) is 1. The number of furan rings is 1. The van der Waals surface area contributed by atoms with E-state index in [4.69, 9.17) is 4.42 Å². The topological polar surface area (TPSA) is 93.3 Å². The van der Waals surface area contributed by atoms with Gasteiger partial charge in [0.25, 0.3) is 11.5 Å². The predicted molar refractivity (Wildman–Crippen MR) is 110 cm³/mol. The maximum absolute atomic E-state index is 14.5. The summed E-state index contributed by atoms with van der Waals surface area (Å²) in [5, 5.41) is 5.26. The Morgan fingerprint density at radius 3 is 2.67 bits per heavy atom. The Kier molecular flexibility index (Phi) is 6.46. The smallest absolute Gasteiger partial charge is 0.287 e. The van der Waals surface area contributed by atoms with E-state index in [1.54, 1.807) is 44.3 Å². The average molecular weight is 411 g/mol. The molecule has 0 bridgehead atoms. The van der Waals surface area contributed by atoms with Crippen LogP contribution in [-0.4, -0.2) is 22.4 Å². The van der Waals surface area contributed by atoms with Crippen molar-refractivity contribution >= 4 is 17.5 Å². The van der Waals surface area contributed by atoms with Gasteiger partial charge in [0.1, 0.15) is 11.9 Å². The first-order chi connectivity index (χ1) is 14.4. The van der Waals surface area contributed by atoms with E-state index >= 15 is 0 Å². The molecule has 2 N–H and O–H groups in total. The van der Waals surface area contributed by atoms with Crippen LogP contribution in [0.25, 0.3) is 0 Å². The summed E-state index contributed by atoms with van der Waals surface area (Å²) in [5.74, 6) is -1.48. The molecule has 1 unspecified atom stereocenters. The zero-order valence-corrected chi connectivity index (χ0v) is 16.6. The van der Waals surface area contributed by atoms with E-state index in [0.717, 1.165) is 0 Å². The number of rotatable bonds is 7. The van der Waals surface area contributed by atoms with Gasteiger partial charge in [0.05, 0.1) is 12.8 Å². The molecule has 2 amide bonds. The fourth-order valence-corrected chi connectivity index (χ4v) is 3.00. The lowest BCUT2D eigenvalue weighted by molar-refractivity contribution is -0.118. The number of halogens is 1. The molecule has 8 heteroatoms. The second kappa shape index (κ2) is 9.21. The summed E-state index contributed by atoms with van der Waals surface area (Å²) in [6.07, 6.45) is 3.24. The van der Waals surface area contributed by atoms with Gasteiger partial charge in [-0.3, -0.25) is 14.4 Å². The number of carbonyl (C=O) groups is 2. The molecule has 2 heterocycles. The van der Waals surface area contributed by atoms with Crippen LogP contribution in [-0.2, 0) is 11.3 Å². The predicted octanol–water partition coefficient (Wildman–Crippen LogP) is 3.08. The number of nitrogens with one attached hydrogen (secondary N) is 2. The summed E-state index contributed by atoms with van der Waals surface area (Å²) in [5.41, 5.74) is 0.700. The Labute approximate surface area is 172 Å². The minimum Gasteiger partial charge on any atom is -0.459 e. The monoisotopic (exact) mass is 411 g/mol. The Balaban J connectivity index is 1.81. The van der Waals surface area contributed by atoms with Crippen molar-refractivity contribution < 1.29 is 18.4 Å². The fourth-order valence-electron chi connectivity index (χ4n) is 3.00. The summed E-state index contributed by atoms with van der Waals surface area (Å²) >= 11 is 0. The molecule has 0 aliphatic rings. The molecule has 0 saturated carbocycles. The van der Waals surface area contributed by atoms with Crippen LogP contribution >= 0.6 is 0 Å². The molecule has 0 spiro atoms. The number of benzene rings is 1. The van der Waals surface area contributed by atoms with Gasteiger partial charge in [-0.15, -0.1) is 0 Å². The Bertz CT molecular complexity index is 1110. The van der Waals surface area contributed by atoms with Crippen molar-refractivity contribution in [3.8, 4) is 0 Å². The van der Waals surface area contributed by atoms with Crippen LogP contribution in [0.2, 0.25) is 0 Å². The lowest BCUT2D eigenvalue weighted by Gasteiger charge is -2.18. The van der Waals surface area contributed by atoms with Crippen molar-refractivity contribution in [2.75, 3.05) is 5.32 Å². The van der Waals surface area contributed by atoms with Crippen LogP contribution in [0.1, 0.15) is 35.0 Å². The number of anilines is 1. The van der Waals surface area contributed by atoms with E-state index in [1.807, 2.05) is 0 Å². The van der Waals surface area contributed by atoms with Crippen LogP contribution in [0, 0.1) is 12.7 Å². The maximum Gasteiger partial charge on any atom is 0.287 e. The Morgan fingerprint density at radius 1 is 1.17 bits per heavy atom. The van der Waals surface area contributed by atoms with Gasteiger partial charge in [0, 0.05) is 23.0 Å². The first-order valence-electron chi connectivity index (χ1n) is 9.49. The van der Waals surface area contributed by atoms with E-state index < -0.39 is 23.7 Å². The van der Waals surface area contributed by atoms with Crippen molar-refractivity contribution in [3.63, 3.8) is 0 Å². The van der Waals surface area contributed by atoms with Gasteiger partial charge in [-0.2, -0.15) is 0 Å². The number of aromatic nitrogens is 1. The second-order valence-corrected chi connectivity index (χ2v) is 6.79. The SMILES string of the molecule is CCC(NC(=O)c1ccco1)C(=O)Nc1cccc(F)c1Cn1cccc(C)c1=O. The van der Waals surface area contributed by atoms with E-state index in [2.05, 4.69) is 10.6 Å². The second-order valence-electron chi connectivity index (χ2n) is 6.79. The number of pyridine rings is 1. The van der Waals surface area contributed by atoms with Crippen molar-refractivity contribution in [2.24, 2.45) is 0 Å². The van der Waals surface area contributed by atoms with Gasteiger partial charge in [0.15, 0.2) is 5.76 Å². The van der Waals surface area contributed by atoms with E-state index in [-0.39, 0.29) is 29.1 Å². The highest BCUT2D eigenvalue weighted by molar-refractivity contribution is 6.00. The molecule has 1 atom stereocenters. The van der Waals surface area contributed by atoms with Gasteiger partial charge < -0.3 is 19.6 Å².